The lowest BCUT2D eigenvalue weighted by atomic mass is 9.87. The Hall–Kier alpha value is -3.08. The number of rotatable bonds is 3. The fourth-order valence-electron chi connectivity index (χ4n) is 2.40. The number of carbonyl (C=O) groups excluding carboxylic acids is 1. The Morgan fingerprint density at radius 1 is 0.960 bits per heavy atom. The molecule has 3 rings (SSSR count). The zero-order valence-electron chi connectivity index (χ0n) is 14.5. The molecule has 25 heavy (non-hydrogen) atoms. The monoisotopic (exact) mass is 335 g/mol. The van der Waals surface area contributed by atoms with Crippen LogP contribution in [0.4, 0.5) is 16.3 Å². The second-order valence-electron chi connectivity index (χ2n) is 6.85. The van der Waals surface area contributed by atoms with E-state index in [-0.39, 0.29) is 11.4 Å². The van der Waals surface area contributed by atoms with Gasteiger partial charge in [0.1, 0.15) is 0 Å². The van der Waals surface area contributed by atoms with Crippen LogP contribution in [0.3, 0.4) is 0 Å². The summed E-state index contributed by atoms with van der Waals surface area (Å²) in [6.45, 7) is 6.45. The molecule has 0 saturated carbocycles. The minimum Gasteiger partial charge on any atom is -0.354 e. The number of urea groups is 1. The van der Waals surface area contributed by atoms with Crippen molar-refractivity contribution in [3.05, 3.63) is 66.2 Å². The first-order chi connectivity index (χ1) is 11.9. The standard InChI is InChI=1S/C20H21N3O2/c1-20(2,3)15-9-11-16(12-10-15)21-19(24)22-18-13-17(25-23-18)14-7-5-4-6-8-14/h4-13H,1-3H3,(H2,21,22,23,24). The van der Waals surface area contributed by atoms with Gasteiger partial charge in [0.2, 0.25) is 0 Å². The van der Waals surface area contributed by atoms with Gasteiger partial charge in [0.15, 0.2) is 11.6 Å². The van der Waals surface area contributed by atoms with E-state index in [1.165, 1.54) is 5.56 Å². The molecule has 3 aromatic rings. The number of nitrogens with one attached hydrogen (secondary N) is 2. The van der Waals surface area contributed by atoms with Gasteiger partial charge < -0.3 is 9.84 Å². The van der Waals surface area contributed by atoms with E-state index in [1.807, 2.05) is 54.6 Å². The molecule has 0 bridgehead atoms. The molecule has 1 aromatic heterocycles. The lowest BCUT2D eigenvalue weighted by molar-refractivity contribution is 0.262. The van der Waals surface area contributed by atoms with Gasteiger partial charge in [0, 0.05) is 17.3 Å². The van der Waals surface area contributed by atoms with Crippen LogP contribution in [0.25, 0.3) is 11.3 Å². The Labute approximate surface area is 147 Å². The lowest BCUT2D eigenvalue weighted by Gasteiger charge is -2.19. The maximum Gasteiger partial charge on any atom is 0.324 e. The molecule has 5 heteroatoms. The minimum absolute atomic E-state index is 0.0787. The largest absolute Gasteiger partial charge is 0.354 e. The van der Waals surface area contributed by atoms with Crippen molar-refractivity contribution in [3.63, 3.8) is 0 Å². The Bertz CT molecular complexity index is 847. The highest BCUT2D eigenvalue weighted by atomic mass is 16.5. The molecule has 5 nitrogen and oxygen atoms in total. The van der Waals surface area contributed by atoms with Crippen LogP contribution in [0.2, 0.25) is 0 Å². The molecule has 2 amide bonds. The molecule has 0 fully saturated rings. The highest BCUT2D eigenvalue weighted by Gasteiger charge is 2.13. The molecular weight excluding hydrogens is 314 g/mol. The quantitative estimate of drug-likeness (QED) is 0.684. The number of benzene rings is 2. The average molecular weight is 335 g/mol. The van der Waals surface area contributed by atoms with Gasteiger partial charge in [-0.15, -0.1) is 0 Å². The van der Waals surface area contributed by atoms with Crippen LogP contribution in [0.5, 0.6) is 0 Å². The van der Waals surface area contributed by atoms with Gasteiger partial charge in [0.05, 0.1) is 0 Å². The summed E-state index contributed by atoms with van der Waals surface area (Å²) in [6, 6.07) is 18.7. The molecule has 0 spiro atoms. The van der Waals surface area contributed by atoms with E-state index in [9.17, 15) is 4.79 Å². The highest BCUT2D eigenvalue weighted by molar-refractivity contribution is 5.99. The van der Waals surface area contributed by atoms with E-state index in [0.29, 0.717) is 11.6 Å². The number of carbonyl (C=O) groups is 1. The van der Waals surface area contributed by atoms with Gasteiger partial charge in [-0.05, 0) is 23.1 Å². The summed E-state index contributed by atoms with van der Waals surface area (Å²) < 4.78 is 5.26. The summed E-state index contributed by atoms with van der Waals surface area (Å²) in [5, 5.41) is 9.33. The molecule has 2 N–H and O–H groups in total. The predicted molar refractivity (Wildman–Crippen MR) is 99.7 cm³/mol. The number of hydrogen-bond acceptors (Lipinski definition) is 3. The Morgan fingerprint density at radius 3 is 2.28 bits per heavy atom. The van der Waals surface area contributed by atoms with E-state index >= 15 is 0 Å². The molecule has 128 valence electrons. The van der Waals surface area contributed by atoms with Gasteiger partial charge in [0.25, 0.3) is 0 Å². The first-order valence-electron chi connectivity index (χ1n) is 8.12. The first kappa shape index (κ1) is 16.8. The third-order valence-electron chi connectivity index (χ3n) is 3.82. The van der Waals surface area contributed by atoms with Crippen molar-refractivity contribution in [2.24, 2.45) is 0 Å². The molecule has 0 atom stereocenters. The van der Waals surface area contributed by atoms with E-state index in [1.54, 1.807) is 6.07 Å². The lowest BCUT2D eigenvalue weighted by Crippen LogP contribution is -2.19. The van der Waals surface area contributed by atoms with E-state index in [4.69, 9.17) is 4.52 Å². The molecule has 2 aromatic carbocycles. The number of anilines is 2. The van der Waals surface area contributed by atoms with Crippen LogP contribution in [0.1, 0.15) is 26.3 Å². The second-order valence-corrected chi connectivity index (χ2v) is 6.85. The van der Waals surface area contributed by atoms with E-state index < -0.39 is 0 Å². The van der Waals surface area contributed by atoms with Gasteiger partial charge in [-0.2, -0.15) is 0 Å². The van der Waals surface area contributed by atoms with E-state index in [2.05, 4.69) is 36.6 Å². The zero-order valence-corrected chi connectivity index (χ0v) is 14.5. The number of nitrogens with zero attached hydrogens (tertiary/aromatic N) is 1. The number of amides is 2. The molecular formula is C20H21N3O2. The topological polar surface area (TPSA) is 67.2 Å². The third-order valence-corrected chi connectivity index (χ3v) is 3.82. The average Bonchev–Trinajstić information content (AvgIpc) is 3.03. The summed E-state index contributed by atoms with van der Waals surface area (Å²) in [5.74, 6) is 0.966. The number of hydrogen-bond donors (Lipinski definition) is 2. The van der Waals surface area contributed by atoms with Crippen LogP contribution in [0, 0.1) is 0 Å². The van der Waals surface area contributed by atoms with Crippen molar-refractivity contribution < 1.29 is 9.32 Å². The SMILES string of the molecule is CC(C)(C)c1ccc(NC(=O)Nc2cc(-c3ccccc3)on2)cc1. The second kappa shape index (κ2) is 6.81. The van der Waals surface area contributed by atoms with Crippen LogP contribution >= 0.6 is 0 Å². The summed E-state index contributed by atoms with van der Waals surface area (Å²) in [6.07, 6.45) is 0. The fourth-order valence-corrected chi connectivity index (χ4v) is 2.40. The van der Waals surface area contributed by atoms with Crippen LogP contribution in [-0.2, 0) is 5.41 Å². The smallest absolute Gasteiger partial charge is 0.324 e. The molecule has 1 heterocycles. The molecule has 0 aliphatic heterocycles. The normalized spacial score (nSPS) is 11.2. The van der Waals surface area contributed by atoms with Gasteiger partial charge in [-0.1, -0.05) is 68.4 Å². The molecule has 0 saturated heterocycles. The van der Waals surface area contributed by atoms with E-state index in [0.717, 1.165) is 11.3 Å². The summed E-state index contributed by atoms with van der Waals surface area (Å²) in [5.41, 5.74) is 2.91. The van der Waals surface area contributed by atoms with Gasteiger partial charge in [-0.3, -0.25) is 5.32 Å². The van der Waals surface area contributed by atoms with Crippen molar-refractivity contribution in [2.75, 3.05) is 10.6 Å². The minimum atomic E-state index is -0.364. The summed E-state index contributed by atoms with van der Waals surface area (Å²) in [7, 11) is 0. The highest BCUT2D eigenvalue weighted by Crippen LogP contribution is 2.24. The van der Waals surface area contributed by atoms with Crippen molar-refractivity contribution >= 4 is 17.5 Å². The first-order valence-corrected chi connectivity index (χ1v) is 8.12. The van der Waals surface area contributed by atoms with Crippen LogP contribution in [0.15, 0.2) is 65.2 Å². The number of aromatic nitrogens is 1. The maximum atomic E-state index is 12.1. The predicted octanol–water partition coefficient (Wildman–Crippen LogP) is 5.28. The van der Waals surface area contributed by atoms with Crippen molar-refractivity contribution in [3.8, 4) is 11.3 Å². The van der Waals surface area contributed by atoms with Crippen molar-refractivity contribution in [2.45, 2.75) is 26.2 Å². The molecule has 0 aliphatic rings. The Morgan fingerprint density at radius 2 is 1.64 bits per heavy atom. The van der Waals surface area contributed by atoms with Gasteiger partial charge in [-0.25, -0.2) is 4.79 Å². The maximum absolute atomic E-state index is 12.1. The fraction of sp³-hybridized carbons (Fsp3) is 0.200. The third kappa shape index (κ3) is 4.26. The van der Waals surface area contributed by atoms with Crippen LogP contribution < -0.4 is 10.6 Å². The summed E-state index contributed by atoms with van der Waals surface area (Å²) in [4.78, 5) is 12.1. The van der Waals surface area contributed by atoms with Crippen molar-refractivity contribution in [1.82, 2.24) is 5.16 Å². The zero-order chi connectivity index (χ0) is 17.9. The summed E-state index contributed by atoms with van der Waals surface area (Å²) >= 11 is 0. The van der Waals surface area contributed by atoms with Crippen LogP contribution in [-0.4, -0.2) is 11.2 Å². The molecule has 0 unspecified atom stereocenters. The Balaban J connectivity index is 1.62. The molecule has 0 radical (unpaired) electrons. The van der Waals surface area contributed by atoms with Crippen molar-refractivity contribution in [1.29, 1.82) is 0 Å². The van der Waals surface area contributed by atoms with Gasteiger partial charge >= 0.3 is 6.03 Å². The molecule has 0 aliphatic carbocycles. The Kier molecular flexibility index (Phi) is 4.57.